The van der Waals surface area contributed by atoms with Crippen LogP contribution in [-0.2, 0) is 6.61 Å². The second kappa shape index (κ2) is 8.78. The first kappa shape index (κ1) is 20.3. The molecule has 0 unspecified atom stereocenters. The van der Waals surface area contributed by atoms with E-state index in [0.717, 1.165) is 22.4 Å². The van der Waals surface area contributed by atoms with E-state index < -0.39 is 0 Å². The molecule has 0 radical (unpaired) electrons. The summed E-state index contributed by atoms with van der Waals surface area (Å²) in [5.41, 5.74) is 3.03. The molecule has 4 aromatic rings. The van der Waals surface area contributed by atoms with Gasteiger partial charge in [-0.2, -0.15) is 0 Å². The molecular formula is C23H19N2O6-. The SMILES string of the molecule is COc1ccc(-c2cnoc2-c2ccc(OCc3ccc(N([O-])O)cc3)cc2O)cc1. The molecule has 0 spiro atoms. The van der Waals surface area contributed by atoms with Gasteiger partial charge in [-0.3, -0.25) is 5.21 Å². The molecular weight excluding hydrogens is 400 g/mol. The van der Waals surface area contributed by atoms with E-state index in [4.69, 9.17) is 19.2 Å². The van der Waals surface area contributed by atoms with Crippen LogP contribution >= 0.6 is 0 Å². The lowest BCUT2D eigenvalue weighted by Crippen LogP contribution is -2.06. The van der Waals surface area contributed by atoms with Crippen LogP contribution in [0.15, 0.2) is 77.4 Å². The average molecular weight is 419 g/mol. The molecule has 0 saturated carbocycles. The van der Waals surface area contributed by atoms with E-state index in [1.807, 2.05) is 24.3 Å². The minimum absolute atomic E-state index is 0.0124. The summed E-state index contributed by atoms with van der Waals surface area (Å²) in [6.07, 6.45) is 1.60. The first-order chi connectivity index (χ1) is 15.0. The van der Waals surface area contributed by atoms with Crippen LogP contribution in [0.1, 0.15) is 5.56 Å². The maximum Gasteiger partial charge on any atom is 0.178 e. The zero-order valence-corrected chi connectivity index (χ0v) is 16.6. The Bertz CT molecular complexity index is 1150. The Morgan fingerprint density at radius 2 is 1.68 bits per heavy atom. The van der Waals surface area contributed by atoms with E-state index in [9.17, 15) is 10.3 Å². The number of methoxy groups -OCH3 is 1. The Balaban J connectivity index is 1.51. The molecule has 8 nitrogen and oxygen atoms in total. The highest BCUT2D eigenvalue weighted by Crippen LogP contribution is 2.39. The van der Waals surface area contributed by atoms with Crippen LogP contribution in [-0.4, -0.2) is 22.6 Å². The maximum absolute atomic E-state index is 10.8. The van der Waals surface area contributed by atoms with Crippen LogP contribution in [0.25, 0.3) is 22.5 Å². The largest absolute Gasteiger partial charge is 0.733 e. The van der Waals surface area contributed by atoms with Crippen molar-refractivity contribution in [2.75, 3.05) is 12.3 Å². The maximum atomic E-state index is 10.8. The van der Waals surface area contributed by atoms with Gasteiger partial charge in [0.2, 0.25) is 0 Å². The van der Waals surface area contributed by atoms with Crippen molar-refractivity contribution < 1.29 is 24.3 Å². The Labute approximate surface area is 178 Å². The molecule has 8 heteroatoms. The highest BCUT2D eigenvalue weighted by atomic mass is 16.8. The summed E-state index contributed by atoms with van der Waals surface area (Å²) in [6.45, 7) is 0.225. The standard InChI is InChI=1S/C23H19N2O6/c1-29-18-8-4-16(5-9-18)21-13-24-31-23(21)20-11-10-19(12-22(20)26)30-14-15-2-6-17(7-3-15)25(27)28/h2-13,26-27H,14H2,1H3/q-1. The molecule has 158 valence electrons. The van der Waals surface area contributed by atoms with Gasteiger partial charge in [-0.05, 0) is 47.5 Å². The number of hydrogen-bond acceptors (Lipinski definition) is 8. The first-order valence-electron chi connectivity index (χ1n) is 9.35. The van der Waals surface area contributed by atoms with Crippen LogP contribution in [0.2, 0.25) is 0 Å². The number of aromatic hydroxyl groups is 1. The zero-order valence-electron chi connectivity index (χ0n) is 16.6. The number of ether oxygens (including phenoxy) is 2. The molecule has 0 fully saturated rings. The van der Waals surface area contributed by atoms with Crippen molar-refractivity contribution >= 4 is 5.69 Å². The highest BCUT2D eigenvalue weighted by Gasteiger charge is 2.17. The predicted octanol–water partition coefficient (Wildman–Crippen LogP) is 5.00. The fourth-order valence-corrected chi connectivity index (χ4v) is 3.09. The lowest BCUT2D eigenvalue weighted by atomic mass is 10.0. The van der Waals surface area contributed by atoms with Gasteiger partial charge in [0, 0.05) is 11.6 Å². The normalized spacial score (nSPS) is 10.7. The number of phenols is 1. The van der Waals surface area contributed by atoms with Gasteiger partial charge in [0.05, 0.1) is 24.6 Å². The van der Waals surface area contributed by atoms with Crippen molar-refractivity contribution in [2.45, 2.75) is 6.61 Å². The van der Waals surface area contributed by atoms with Gasteiger partial charge in [-0.25, -0.2) is 0 Å². The van der Waals surface area contributed by atoms with Crippen LogP contribution in [0.3, 0.4) is 0 Å². The molecule has 0 aliphatic heterocycles. The molecule has 0 bridgehead atoms. The summed E-state index contributed by atoms with van der Waals surface area (Å²) in [7, 11) is 1.60. The van der Waals surface area contributed by atoms with Crippen LogP contribution in [0.5, 0.6) is 17.2 Å². The summed E-state index contributed by atoms with van der Waals surface area (Å²) in [6, 6.07) is 18.7. The minimum Gasteiger partial charge on any atom is -0.733 e. The zero-order chi connectivity index (χ0) is 21.8. The van der Waals surface area contributed by atoms with Gasteiger partial charge in [0.15, 0.2) is 5.76 Å². The molecule has 0 atom stereocenters. The molecule has 2 N–H and O–H groups in total. The van der Waals surface area contributed by atoms with Gasteiger partial charge in [0.1, 0.15) is 23.9 Å². The summed E-state index contributed by atoms with van der Waals surface area (Å²) < 4.78 is 16.3. The first-order valence-corrected chi connectivity index (χ1v) is 9.35. The second-order valence-corrected chi connectivity index (χ2v) is 6.70. The molecule has 1 heterocycles. The summed E-state index contributed by atoms with van der Waals surface area (Å²) in [4.78, 5) is 0. The summed E-state index contributed by atoms with van der Waals surface area (Å²) in [5.74, 6) is 1.63. The van der Waals surface area contributed by atoms with Crippen LogP contribution < -0.4 is 14.7 Å². The van der Waals surface area contributed by atoms with Crippen LogP contribution in [0.4, 0.5) is 5.69 Å². The van der Waals surface area contributed by atoms with E-state index in [2.05, 4.69) is 5.16 Å². The van der Waals surface area contributed by atoms with E-state index in [1.165, 1.54) is 18.2 Å². The van der Waals surface area contributed by atoms with Gasteiger partial charge in [-0.1, -0.05) is 29.4 Å². The van der Waals surface area contributed by atoms with Crippen molar-refractivity contribution in [1.82, 2.24) is 5.16 Å². The number of anilines is 1. The fourth-order valence-electron chi connectivity index (χ4n) is 3.09. The molecule has 4 rings (SSSR count). The quantitative estimate of drug-likeness (QED) is 0.403. The number of hydrogen-bond donors (Lipinski definition) is 2. The summed E-state index contributed by atoms with van der Waals surface area (Å²) >= 11 is 0. The minimum atomic E-state index is -0.203. The predicted molar refractivity (Wildman–Crippen MR) is 114 cm³/mol. The monoisotopic (exact) mass is 419 g/mol. The van der Waals surface area contributed by atoms with Gasteiger partial charge in [0.25, 0.3) is 0 Å². The third-order valence-electron chi connectivity index (χ3n) is 4.75. The smallest absolute Gasteiger partial charge is 0.178 e. The molecule has 0 aliphatic carbocycles. The topological polar surface area (TPSA) is 111 Å². The number of phenolic OH excluding ortho intramolecular Hbond substituents is 1. The van der Waals surface area contributed by atoms with E-state index in [1.54, 1.807) is 37.6 Å². The Morgan fingerprint density at radius 3 is 2.32 bits per heavy atom. The lowest BCUT2D eigenvalue weighted by molar-refractivity contribution is 0.295. The van der Waals surface area contributed by atoms with E-state index in [-0.39, 0.29) is 23.3 Å². The van der Waals surface area contributed by atoms with Gasteiger partial charge >= 0.3 is 0 Å². The number of rotatable bonds is 7. The molecule has 1 aromatic heterocycles. The van der Waals surface area contributed by atoms with Gasteiger partial charge < -0.3 is 29.5 Å². The summed E-state index contributed by atoms with van der Waals surface area (Å²) in [5, 5.41) is 34.0. The van der Waals surface area contributed by atoms with Crippen molar-refractivity contribution in [2.24, 2.45) is 0 Å². The number of nitrogens with zero attached hydrogens (tertiary/aromatic N) is 2. The van der Waals surface area contributed by atoms with Crippen molar-refractivity contribution in [3.8, 4) is 39.7 Å². The third kappa shape index (κ3) is 4.45. The Hall–Kier alpha value is -4.01. The molecule has 3 aromatic carbocycles. The highest BCUT2D eigenvalue weighted by molar-refractivity contribution is 5.82. The third-order valence-corrected chi connectivity index (χ3v) is 4.75. The Morgan fingerprint density at radius 1 is 0.968 bits per heavy atom. The Kier molecular flexibility index (Phi) is 5.74. The number of aromatic nitrogens is 1. The molecule has 31 heavy (non-hydrogen) atoms. The number of benzene rings is 3. The second-order valence-electron chi connectivity index (χ2n) is 6.70. The van der Waals surface area contributed by atoms with Crippen molar-refractivity contribution in [1.29, 1.82) is 0 Å². The fraction of sp³-hybridized carbons (Fsp3) is 0.0870. The van der Waals surface area contributed by atoms with Crippen LogP contribution in [0, 0.1) is 5.21 Å². The van der Waals surface area contributed by atoms with Crippen molar-refractivity contribution in [3.05, 3.63) is 83.7 Å². The average Bonchev–Trinajstić information content (AvgIpc) is 3.27. The van der Waals surface area contributed by atoms with E-state index in [0.29, 0.717) is 17.1 Å². The molecule has 0 aliphatic rings. The molecule has 0 saturated heterocycles. The van der Waals surface area contributed by atoms with Gasteiger partial charge in [-0.15, -0.1) is 0 Å². The van der Waals surface area contributed by atoms with Crippen molar-refractivity contribution in [3.63, 3.8) is 0 Å². The van der Waals surface area contributed by atoms with E-state index >= 15 is 0 Å². The molecule has 0 amide bonds. The lowest BCUT2D eigenvalue weighted by Gasteiger charge is -2.21.